The molecule has 1 aliphatic heterocycles. The highest BCUT2D eigenvalue weighted by atomic mass is 16.5. The Morgan fingerprint density at radius 1 is 1.07 bits per heavy atom. The van der Waals surface area contributed by atoms with Crippen molar-refractivity contribution in [2.24, 2.45) is 0 Å². The molecule has 2 N–H and O–H groups in total. The Hall–Kier alpha value is -3.02. The van der Waals surface area contributed by atoms with Gasteiger partial charge in [-0.05, 0) is 56.0 Å². The number of anilines is 2. The highest BCUT2D eigenvalue weighted by Crippen LogP contribution is 2.27. The number of aryl methyl sites for hydroxylation is 3. The van der Waals surface area contributed by atoms with Gasteiger partial charge in [0.15, 0.2) is 0 Å². The monoisotopic (exact) mass is 381 g/mol. The van der Waals surface area contributed by atoms with Crippen molar-refractivity contribution < 1.29 is 14.3 Å². The Labute approximate surface area is 165 Å². The van der Waals surface area contributed by atoms with Gasteiger partial charge in [0.1, 0.15) is 5.75 Å². The lowest BCUT2D eigenvalue weighted by Crippen LogP contribution is -2.42. The van der Waals surface area contributed by atoms with Gasteiger partial charge in [0.05, 0.1) is 25.9 Å². The fraction of sp³-hybridized carbons (Fsp3) is 0.364. The summed E-state index contributed by atoms with van der Waals surface area (Å²) in [5.41, 5.74) is 5.23. The molecule has 0 unspecified atom stereocenters. The van der Waals surface area contributed by atoms with Crippen molar-refractivity contribution in [3.63, 3.8) is 0 Å². The van der Waals surface area contributed by atoms with E-state index in [4.69, 9.17) is 4.74 Å². The van der Waals surface area contributed by atoms with Crippen LogP contribution in [0, 0.1) is 13.8 Å². The smallest absolute Gasteiger partial charge is 0.243 e. The topological polar surface area (TPSA) is 70.7 Å². The number of rotatable bonds is 6. The molecule has 0 spiro atoms. The number of fused-ring (bicyclic) bond motifs is 1. The van der Waals surface area contributed by atoms with E-state index in [1.807, 2.05) is 19.1 Å². The molecule has 2 aromatic rings. The number of hydrogen-bond acceptors (Lipinski definition) is 4. The number of amides is 2. The zero-order chi connectivity index (χ0) is 20.1. The second-order valence-corrected chi connectivity index (χ2v) is 7.19. The Kier molecular flexibility index (Phi) is 6.19. The molecule has 2 aromatic carbocycles. The minimum atomic E-state index is -0.285. The maximum atomic E-state index is 12.4. The Morgan fingerprint density at radius 3 is 2.61 bits per heavy atom. The van der Waals surface area contributed by atoms with Crippen LogP contribution in [0.2, 0.25) is 0 Å². The standard InChI is InChI=1S/C22H27N3O3/c1-15-6-8-19-17(11-15)5-4-10-25(19)14-22(27)23-13-21(26)24-18-12-16(2)7-9-20(18)28-3/h6-9,11-12H,4-5,10,13-14H2,1-3H3,(H,23,27)(H,24,26). The van der Waals surface area contributed by atoms with Gasteiger partial charge < -0.3 is 20.3 Å². The molecule has 6 heteroatoms. The van der Waals surface area contributed by atoms with Crippen LogP contribution in [-0.4, -0.2) is 38.6 Å². The van der Waals surface area contributed by atoms with Gasteiger partial charge in [-0.25, -0.2) is 0 Å². The maximum Gasteiger partial charge on any atom is 0.243 e. The van der Waals surface area contributed by atoms with Crippen molar-refractivity contribution in [3.05, 3.63) is 53.1 Å². The molecule has 0 aliphatic carbocycles. The highest BCUT2D eigenvalue weighted by molar-refractivity contribution is 5.96. The zero-order valence-electron chi connectivity index (χ0n) is 16.7. The van der Waals surface area contributed by atoms with Gasteiger partial charge in [0.2, 0.25) is 11.8 Å². The van der Waals surface area contributed by atoms with Crippen LogP contribution < -0.4 is 20.3 Å². The summed E-state index contributed by atoms with van der Waals surface area (Å²) in [6.07, 6.45) is 2.06. The van der Waals surface area contributed by atoms with Crippen LogP contribution in [0.3, 0.4) is 0 Å². The first-order valence-corrected chi connectivity index (χ1v) is 9.52. The van der Waals surface area contributed by atoms with Crippen molar-refractivity contribution in [2.75, 3.05) is 37.0 Å². The second kappa shape index (κ2) is 8.78. The summed E-state index contributed by atoms with van der Waals surface area (Å²) in [4.78, 5) is 26.7. The Balaban J connectivity index is 1.54. The lowest BCUT2D eigenvalue weighted by atomic mass is 9.99. The van der Waals surface area contributed by atoms with Crippen LogP contribution in [0.1, 0.15) is 23.1 Å². The van der Waals surface area contributed by atoms with Crippen LogP contribution in [-0.2, 0) is 16.0 Å². The predicted molar refractivity (Wildman–Crippen MR) is 111 cm³/mol. The van der Waals surface area contributed by atoms with Crippen molar-refractivity contribution in [1.29, 1.82) is 0 Å². The van der Waals surface area contributed by atoms with E-state index in [0.29, 0.717) is 11.4 Å². The maximum absolute atomic E-state index is 12.4. The molecule has 1 heterocycles. The van der Waals surface area contributed by atoms with Gasteiger partial charge in [-0.1, -0.05) is 23.8 Å². The number of carbonyl (C=O) groups is 2. The fourth-order valence-electron chi connectivity index (χ4n) is 3.49. The number of nitrogens with one attached hydrogen (secondary N) is 2. The third-order valence-electron chi connectivity index (χ3n) is 4.86. The molecule has 148 valence electrons. The number of ether oxygens (including phenoxy) is 1. The summed E-state index contributed by atoms with van der Waals surface area (Å²) >= 11 is 0. The third kappa shape index (κ3) is 4.82. The third-order valence-corrected chi connectivity index (χ3v) is 4.86. The summed E-state index contributed by atoms with van der Waals surface area (Å²) in [6.45, 7) is 5.03. The number of nitrogens with zero attached hydrogens (tertiary/aromatic N) is 1. The van der Waals surface area contributed by atoms with E-state index in [0.717, 1.165) is 30.6 Å². The molecular weight excluding hydrogens is 354 g/mol. The summed E-state index contributed by atoms with van der Waals surface area (Å²) < 4.78 is 5.26. The van der Waals surface area contributed by atoms with Gasteiger partial charge in [0.25, 0.3) is 0 Å². The minimum absolute atomic E-state index is 0.0788. The fourth-order valence-corrected chi connectivity index (χ4v) is 3.49. The number of benzene rings is 2. The van der Waals surface area contributed by atoms with Gasteiger partial charge in [-0.15, -0.1) is 0 Å². The van der Waals surface area contributed by atoms with E-state index >= 15 is 0 Å². The molecule has 28 heavy (non-hydrogen) atoms. The first-order valence-electron chi connectivity index (χ1n) is 9.52. The van der Waals surface area contributed by atoms with Crippen molar-refractivity contribution in [3.8, 4) is 5.75 Å². The molecule has 6 nitrogen and oxygen atoms in total. The predicted octanol–water partition coefficient (Wildman–Crippen LogP) is 2.82. The summed E-state index contributed by atoms with van der Waals surface area (Å²) in [5, 5.41) is 5.50. The SMILES string of the molecule is COc1ccc(C)cc1NC(=O)CNC(=O)CN1CCCc2cc(C)ccc21. The molecule has 0 radical (unpaired) electrons. The van der Waals surface area contributed by atoms with Crippen LogP contribution in [0.25, 0.3) is 0 Å². The largest absolute Gasteiger partial charge is 0.495 e. The molecule has 0 bridgehead atoms. The Bertz CT molecular complexity index is 879. The van der Waals surface area contributed by atoms with E-state index in [-0.39, 0.29) is 24.9 Å². The normalized spacial score (nSPS) is 12.9. The molecule has 1 aliphatic rings. The zero-order valence-corrected chi connectivity index (χ0v) is 16.7. The molecular formula is C22H27N3O3. The van der Waals surface area contributed by atoms with Crippen molar-refractivity contribution in [1.82, 2.24) is 5.32 Å². The number of methoxy groups -OCH3 is 1. The lowest BCUT2D eigenvalue weighted by molar-refractivity contribution is -0.123. The van der Waals surface area contributed by atoms with Crippen molar-refractivity contribution >= 4 is 23.2 Å². The number of hydrogen-bond donors (Lipinski definition) is 2. The van der Waals surface area contributed by atoms with Gasteiger partial charge in [-0.2, -0.15) is 0 Å². The van der Waals surface area contributed by atoms with Gasteiger partial charge in [0, 0.05) is 12.2 Å². The lowest BCUT2D eigenvalue weighted by Gasteiger charge is -2.31. The highest BCUT2D eigenvalue weighted by Gasteiger charge is 2.19. The molecule has 0 aromatic heterocycles. The molecule has 0 fully saturated rings. The molecule has 0 saturated carbocycles. The molecule has 0 saturated heterocycles. The first-order chi connectivity index (χ1) is 13.5. The van der Waals surface area contributed by atoms with E-state index in [1.165, 1.54) is 11.1 Å². The van der Waals surface area contributed by atoms with Crippen LogP contribution >= 0.6 is 0 Å². The second-order valence-electron chi connectivity index (χ2n) is 7.19. The van der Waals surface area contributed by atoms with E-state index in [9.17, 15) is 9.59 Å². The summed E-state index contributed by atoms with van der Waals surface area (Å²) in [6, 6.07) is 11.9. The minimum Gasteiger partial charge on any atom is -0.495 e. The summed E-state index contributed by atoms with van der Waals surface area (Å²) in [7, 11) is 1.56. The summed E-state index contributed by atoms with van der Waals surface area (Å²) in [5.74, 6) is 0.136. The van der Waals surface area contributed by atoms with Crippen molar-refractivity contribution in [2.45, 2.75) is 26.7 Å². The molecule has 2 amide bonds. The quantitative estimate of drug-likeness (QED) is 0.807. The molecule has 0 atom stereocenters. The Morgan fingerprint density at radius 2 is 1.82 bits per heavy atom. The van der Waals surface area contributed by atoms with Gasteiger partial charge >= 0.3 is 0 Å². The first kappa shape index (κ1) is 19.7. The average Bonchev–Trinajstić information content (AvgIpc) is 2.66. The number of carbonyl (C=O) groups excluding carboxylic acids is 2. The van der Waals surface area contributed by atoms with Crippen LogP contribution in [0.5, 0.6) is 5.75 Å². The molecule has 3 rings (SSSR count). The van der Waals surface area contributed by atoms with E-state index < -0.39 is 0 Å². The van der Waals surface area contributed by atoms with Gasteiger partial charge in [-0.3, -0.25) is 9.59 Å². The van der Waals surface area contributed by atoms with E-state index in [2.05, 4.69) is 40.7 Å². The van der Waals surface area contributed by atoms with Crippen LogP contribution in [0.4, 0.5) is 11.4 Å². The van der Waals surface area contributed by atoms with E-state index in [1.54, 1.807) is 13.2 Å². The van der Waals surface area contributed by atoms with Crippen LogP contribution in [0.15, 0.2) is 36.4 Å². The average molecular weight is 381 g/mol.